The smallest absolute Gasteiger partial charge is 0.252 e. The molecule has 0 fully saturated rings. The predicted octanol–water partition coefficient (Wildman–Crippen LogP) is 4.14. The first-order valence-corrected chi connectivity index (χ1v) is 8.23. The third kappa shape index (κ3) is 3.68. The Kier molecular flexibility index (Phi) is 5.20. The zero-order valence-corrected chi connectivity index (χ0v) is 15.2. The van der Waals surface area contributed by atoms with Gasteiger partial charge >= 0.3 is 0 Å². The van der Waals surface area contributed by atoms with Crippen molar-refractivity contribution in [2.24, 2.45) is 5.10 Å². The number of hydrazone groups is 1. The molecule has 130 valence electrons. The van der Waals surface area contributed by atoms with Crippen LogP contribution >= 0.6 is 15.9 Å². The molecule has 0 atom stereocenters. The van der Waals surface area contributed by atoms with Crippen LogP contribution in [0.4, 0.5) is 5.88 Å². The zero-order valence-electron chi connectivity index (χ0n) is 13.6. The monoisotopic (exact) mass is 412 g/mol. The number of ether oxygens (including phenoxy) is 1. The average Bonchev–Trinajstić information content (AvgIpc) is 3.08. The Morgan fingerprint density at radius 1 is 1.35 bits per heavy atom. The van der Waals surface area contributed by atoms with Crippen molar-refractivity contribution in [3.8, 4) is 29.0 Å². The second-order valence-corrected chi connectivity index (χ2v) is 5.95. The maximum Gasteiger partial charge on any atom is 0.252 e. The van der Waals surface area contributed by atoms with Gasteiger partial charge in [-0.05, 0) is 45.8 Å². The Morgan fingerprint density at radius 2 is 2.12 bits per heavy atom. The molecule has 0 bridgehead atoms. The van der Waals surface area contributed by atoms with Crippen LogP contribution in [-0.2, 0) is 0 Å². The van der Waals surface area contributed by atoms with Crippen molar-refractivity contribution in [3.63, 3.8) is 0 Å². The molecule has 7 nitrogen and oxygen atoms in total. The fourth-order valence-corrected chi connectivity index (χ4v) is 2.62. The van der Waals surface area contributed by atoms with Crippen LogP contribution in [0.15, 0.2) is 56.5 Å². The number of methoxy groups -OCH3 is 1. The van der Waals surface area contributed by atoms with Gasteiger partial charge in [0.1, 0.15) is 6.07 Å². The summed E-state index contributed by atoms with van der Waals surface area (Å²) >= 11 is 3.24. The fraction of sp³-hybridized carbons (Fsp3) is 0.0556. The number of nitrogens with zero attached hydrogens (tertiary/aromatic N) is 3. The summed E-state index contributed by atoms with van der Waals surface area (Å²) < 4.78 is 11.1. The molecular weight excluding hydrogens is 400 g/mol. The number of oxazole rings is 1. The normalized spacial score (nSPS) is 10.7. The Labute approximate surface area is 157 Å². The molecule has 0 aliphatic heterocycles. The van der Waals surface area contributed by atoms with Crippen molar-refractivity contribution in [3.05, 3.63) is 58.2 Å². The van der Waals surface area contributed by atoms with E-state index in [0.717, 1.165) is 5.56 Å². The van der Waals surface area contributed by atoms with Crippen LogP contribution < -0.4 is 10.2 Å². The van der Waals surface area contributed by atoms with Crippen LogP contribution in [0.1, 0.15) is 11.3 Å². The minimum Gasteiger partial charge on any atom is -0.503 e. The number of hydrogen-bond acceptors (Lipinski definition) is 7. The van der Waals surface area contributed by atoms with E-state index in [9.17, 15) is 10.4 Å². The molecule has 3 aromatic rings. The number of phenols is 1. The van der Waals surface area contributed by atoms with Gasteiger partial charge < -0.3 is 14.3 Å². The van der Waals surface area contributed by atoms with Gasteiger partial charge in [-0.15, -0.1) is 0 Å². The highest BCUT2D eigenvalue weighted by Gasteiger charge is 2.14. The van der Waals surface area contributed by atoms with E-state index in [1.165, 1.54) is 13.3 Å². The Morgan fingerprint density at radius 3 is 2.81 bits per heavy atom. The van der Waals surface area contributed by atoms with Crippen molar-refractivity contribution < 1.29 is 14.3 Å². The minimum absolute atomic E-state index is 0.00659. The highest BCUT2D eigenvalue weighted by Crippen LogP contribution is 2.34. The van der Waals surface area contributed by atoms with Gasteiger partial charge in [0.2, 0.25) is 11.6 Å². The van der Waals surface area contributed by atoms with Gasteiger partial charge in [0.25, 0.3) is 5.88 Å². The van der Waals surface area contributed by atoms with Crippen molar-refractivity contribution in [1.29, 1.82) is 5.26 Å². The molecule has 0 aliphatic carbocycles. The maximum absolute atomic E-state index is 9.81. The van der Waals surface area contributed by atoms with Crippen LogP contribution in [0.25, 0.3) is 11.5 Å². The lowest BCUT2D eigenvalue weighted by atomic mass is 10.2. The summed E-state index contributed by atoms with van der Waals surface area (Å²) in [4.78, 5) is 4.15. The topological polar surface area (TPSA) is 104 Å². The number of aromatic hydroxyl groups is 1. The summed E-state index contributed by atoms with van der Waals surface area (Å²) in [7, 11) is 1.46. The standard InChI is InChI=1S/C18H13BrN4O3/c1-25-15-8-11(7-13(19)16(15)24)10-21-23-18-14(9-20)22-17(26-18)12-5-3-2-4-6-12/h2-8,10,23-24H,1H3/b21-10+. The number of halogens is 1. The molecule has 0 radical (unpaired) electrons. The summed E-state index contributed by atoms with van der Waals surface area (Å²) in [5, 5.41) is 23.1. The quantitative estimate of drug-likeness (QED) is 0.482. The largest absolute Gasteiger partial charge is 0.503 e. The molecule has 0 unspecified atom stereocenters. The van der Waals surface area contributed by atoms with Crippen LogP contribution in [-0.4, -0.2) is 23.4 Å². The van der Waals surface area contributed by atoms with Crippen molar-refractivity contribution >= 4 is 28.0 Å². The minimum atomic E-state index is 0.00659. The van der Waals surface area contributed by atoms with Gasteiger partial charge in [-0.25, -0.2) is 5.43 Å². The molecule has 8 heteroatoms. The molecule has 2 N–H and O–H groups in total. The van der Waals surface area contributed by atoms with E-state index in [0.29, 0.717) is 21.7 Å². The summed E-state index contributed by atoms with van der Waals surface area (Å²) in [5.41, 5.74) is 4.20. The number of benzene rings is 2. The molecule has 2 aromatic carbocycles. The molecule has 0 amide bonds. The maximum atomic E-state index is 9.81. The SMILES string of the molecule is COc1cc(/C=N/Nc2oc(-c3ccccc3)nc2C#N)cc(Br)c1O. The third-order valence-electron chi connectivity index (χ3n) is 3.40. The molecule has 0 saturated heterocycles. The fourth-order valence-electron chi connectivity index (χ4n) is 2.17. The highest BCUT2D eigenvalue weighted by atomic mass is 79.9. The van der Waals surface area contributed by atoms with Crippen LogP contribution in [0.3, 0.4) is 0 Å². The van der Waals surface area contributed by atoms with Gasteiger partial charge in [0.05, 0.1) is 17.8 Å². The molecule has 0 aliphatic rings. The number of rotatable bonds is 5. The molecule has 26 heavy (non-hydrogen) atoms. The van der Waals surface area contributed by atoms with Gasteiger partial charge in [-0.2, -0.15) is 15.3 Å². The predicted molar refractivity (Wildman–Crippen MR) is 100 cm³/mol. The van der Waals surface area contributed by atoms with Gasteiger partial charge in [-0.3, -0.25) is 0 Å². The third-order valence-corrected chi connectivity index (χ3v) is 4.01. The lowest BCUT2D eigenvalue weighted by Crippen LogP contribution is -1.93. The van der Waals surface area contributed by atoms with Gasteiger partial charge in [0, 0.05) is 5.56 Å². The number of aromatic nitrogens is 1. The van der Waals surface area contributed by atoms with E-state index in [2.05, 4.69) is 31.4 Å². The number of nitrogens with one attached hydrogen (secondary N) is 1. The molecule has 3 rings (SSSR count). The van der Waals surface area contributed by atoms with E-state index in [-0.39, 0.29) is 17.3 Å². The summed E-state index contributed by atoms with van der Waals surface area (Å²) in [6.45, 7) is 0. The van der Waals surface area contributed by atoms with Crippen molar-refractivity contribution in [2.75, 3.05) is 12.5 Å². The second kappa shape index (κ2) is 7.72. The van der Waals surface area contributed by atoms with E-state index in [1.807, 2.05) is 36.4 Å². The van der Waals surface area contributed by atoms with Gasteiger partial charge in [0.15, 0.2) is 11.5 Å². The van der Waals surface area contributed by atoms with Gasteiger partial charge in [-0.1, -0.05) is 18.2 Å². The second-order valence-electron chi connectivity index (χ2n) is 5.10. The van der Waals surface area contributed by atoms with Crippen molar-refractivity contribution in [2.45, 2.75) is 0 Å². The first-order valence-electron chi connectivity index (χ1n) is 7.44. The number of nitriles is 1. The van der Waals surface area contributed by atoms with E-state index < -0.39 is 0 Å². The molecule has 1 heterocycles. The molecule has 1 aromatic heterocycles. The van der Waals surface area contributed by atoms with E-state index in [4.69, 9.17) is 9.15 Å². The van der Waals surface area contributed by atoms with Crippen LogP contribution in [0, 0.1) is 11.3 Å². The number of hydrogen-bond donors (Lipinski definition) is 2. The van der Waals surface area contributed by atoms with Crippen LogP contribution in [0.2, 0.25) is 0 Å². The van der Waals surface area contributed by atoms with Crippen LogP contribution in [0.5, 0.6) is 11.5 Å². The highest BCUT2D eigenvalue weighted by molar-refractivity contribution is 9.10. The Bertz CT molecular complexity index is 994. The summed E-state index contributed by atoms with van der Waals surface area (Å²) in [6.07, 6.45) is 1.50. The van der Waals surface area contributed by atoms with E-state index >= 15 is 0 Å². The summed E-state index contributed by atoms with van der Waals surface area (Å²) in [6, 6.07) is 14.5. The average molecular weight is 413 g/mol. The lowest BCUT2D eigenvalue weighted by molar-refractivity contribution is 0.372. The number of anilines is 1. The first kappa shape index (κ1) is 17.5. The summed E-state index contributed by atoms with van der Waals surface area (Å²) in [5.74, 6) is 0.790. The number of phenolic OH excluding ortho intramolecular Hbond substituents is 1. The first-order chi connectivity index (χ1) is 12.6. The Balaban J connectivity index is 1.82. The van der Waals surface area contributed by atoms with E-state index in [1.54, 1.807) is 12.1 Å². The Hall–Kier alpha value is -3.31. The van der Waals surface area contributed by atoms with Crippen molar-refractivity contribution in [1.82, 2.24) is 4.98 Å². The lowest BCUT2D eigenvalue weighted by Gasteiger charge is -2.06. The molecule has 0 saturated carbocycles. The molecule has 0 spiro atoms. The zero-order chi connectivity index (χ0) is 18.5. The molecular formula is C18H13BrN4O3.